The summed E-state index contributed by atoms with van der Waals surface area (Å²) in [5.41, 5.74) is 0.737. The molecule has 6 aromatic carbocycles. The lowest BCUT2D eigenvalue weighted by Gasteiger charge is -2.15. The SMILES string of the molecule is O=Cc1cccc2c1ccc1c3c4ccccc4ccc3c3ccccc3c21. The summed E-state index contributed by atoms with van der Waals surface area (Å²) in [6.07, 6.45) is 0.951. The third-order valence-corrected chi connectivity index (χ3v) is 5.91. The largest absolute Gasteiger partial charge is 0.298 e. The highest BCUT2D eigenvalue weighted by Crippen LogP contribution is 2.41. The van der Waals surface area contributed by atoms with Crippen molar-refractivity contribution in [2.75, 3.05) is 0 Å². The van der Waals surface area contributed by atoms with Gasteiger partial charge in [-0.15, -0.1) is 0 Å². The van der Waals surface area contributed by atoms with E-state index in [1.165, 1.54) is 43.1 Å². The second-order valence-corrected chi connectivity index (χ2v) is 7.30. The number of carbonyl (C=O) groups excluding carboxylic acids is 1. The summed E-state index contributed by atoms with van der Waals surface area (Å²) in [5.74, 6) is 0. The molecule has 0 aliphatic rings. The highest BCUT2D eigenvalue weighted by atomic mass is 16.1. The molecule has 0 aliphatic carbocycles. The Labute approximate surface area is 161 Å². The first-order chi connectivity index (χ1) is 13.9. The standard InChI is InChI=1S/C27H16O/c28-16-18-7-5-11-22-19(18)14-15-25-26-20-8-2-1-6-17(20)12-13-24(26)21-9-3-4-10-23(21)27(22)25/h1-16H. The highest BCUT2D eigenvalue weighted by molar-refractivity contribution is 6.36. The Hall–Kier alpha value is -3.71. The van der Waals surface area contributed by atoms with Crippen LogP contribution in [0.4, 0.5) is 0 Å². The van der Waals surface area contributed by atoms with Crippen molar-refractivity contribution in [3.05, 3.63) is 96.6 Å². The van der Waals surface area contributed by atoms with Crippen LogP contribution in [-0.2, 0) is 0 Å². The number of carbonyl (C=O) groups is 1. The van der Waals surface area contributed by atoms with Crippen LogP contribution in [0, 0.1) is 0 Å². The van der Waals surface area contributed by atoms with Crippen molar-refractivity contribution < 1.29 is 4.79 Å². The van der Waals surface area contributed by atoms with Gasteiger partial charge in [0.25, 0.3) is 0 Å². The average molecular weight is 356 g/mol. The molecule has 0 aliphatic heterocycles. The minimum Gasteiger partial charge on any atom is -0.298 e. The first-order valence-electron chi connectivity index (χ1n) is 9.49. The first kappa shape index (κ1) is 15.4. The lowest BCUT2D eigenvalue weighted by atomic mass is 9.88. The van der Waals surface area contributed by atoms with Gasteiger partial charge in [-0.05, 0) is 53.9 Å². The first-order valence-corrected chi connectivity index (χ1v) is 9.49. The molecule has 6 rings (SSSR count). The van der Waals surface area contributed by atoms with Gasteiger partial charge in [-0.2, -0.15) is 0 Å². The maximum Gasteiger partial charge on any atom is 0.150 e. The van der Waals surface area contributed by atoms with Crippen molar-refractivity contribution >= 4 is 60.1 Å². The van der Waals surface area contributed by atoms with Gasteiger partial charge in [-0.25, -0.2) is 0 Å². The molecule has 1 nitrogen and oxygen atoms in total. The molecule has 0 heterocycles. The van der Waals surface area contributed by atoms with Crippen molar-refractivity contribution in [2.45, 2.75) is 0 Å². The van der Waals surface area contributed by atoms with E-state index < -0.39 is 0 Å². The van der Waals surface area contributed by atoms with E-state index in [1.54, 1.807) is 0 Å². The van der Waals surface area contributed by atoms with Crippen LogP contribution in [0.3, 0.4) is 0 Å². The molecule has 0 aromatic heterocycles. The van der Waals surface area contributed by atoms with Gasteiger partial charge in [0.1, 0.15) is 0 Å². The fourth-order valence-electron chi connectivity index (χ4n) is 4.71. The van der Waals surface area contributed by atoms with Crippen LogP contribution in [-0.4, -0.2) is 6.29 Å². The van der Waals surface area contributed by atoms with Crippen molar-refractivity contribution in [3.8, 4) is 0 Å². The van der Waals surface area contributed by atoms with Gasteiger partial charge in [0.2, 0.25) is 0 Å². The van der Waals surface area contributed by atoms with Crippen molar-refractivity contribution in [1.29, 1.82) is 0 Å². The van der Waals surface area contributed by atoms with E-state index in [2.05, 4.69) is 78.9 Å². The Balaban J connectivity index is 2.03. The molecule has 0 atom stereocenters. The molecular formula is C27H16O. The molecule has 130 valence electrons. The van der Waals surface area contributed by atoms with E-state index in [1.807, 2.05) is 12.1 Å². The molecule has 0 fully saturated rings. The smallest absolute Gasteiger partial charge is 0.150 e. The molecule has 1 heteroatoms. The van der Waals surface area contributed by atoms with E-state index in [0.717, 1.165) is 22.6 Å². The Morgan fingerprint density at radius 3 is 1.86 bits per heavy atom. The van der Waals surface area contributed by atoms with Crippen LogP contribution in [0.25, 0.3) is 53.9 Å². The second kappa shape index (κ2) is 5.64. The summed E-state index contributed by atoms with van der Waals surface area (Å²) in [4.78, 5) is 11.6. The third-order valence-electron chi connectivity index (χ3n) is 5.91. The van der Waals surface area contributed by atoms with E-state index >= 15 is 0 Å². The predicted octanol–water partition coefficient (Wildman–Crippen LogP) is 7.27. The number of hydrogen-bond acceptors (Lipinski definition) is 1. The number of benzene rings is 6. The zero-order valence-electron chi connectivity index (χ0n) is 15.1. The quantitative estimate of drug-likeness (QED) is 0.224. The zero-order valence-corrected chi connectivity index (χ0v) is 15.1. The van der Waals surface area contributed by atoms with Gasteiger partial charge in [0.15, 0.2) is 6.29 Å². The number of fused-ring (bicyclic) bond motifs is 10. The lowest BCUT2D eigenvalue weighted by molar-refractivity contribution is 0.112. The average Bonchev–Trinajstić information content (AvgIpc) is 2.77. The monoisotopic (exact) mass is 356 g/mol. The number of aldehydes is 1. The van der Waals surface area contributed by atoms with Crippen LogP contribution in [0.5, 0.6) is 0 Å². The molecule has 0 saturated heterocycles. The van der Waals surface area contributed by atoms with Crippen LogP contribution in [0.2, 0.25) is 0 Å². The lowest BCUT2D eigenvalue weighted by Crippen LogP contribution is -1.89. The fraction of sp³-hybridized carbons (Fsp3) is 0. The summed E-state index contributed by atoms with van der Waals surface area (Å²) >= 11 is 0. The van der Waals surface area contributed by atoms with E-state index in [0.29, 0.717) is 0 Å². The molecule has 28 heavy (non-hydrogen) atoms. The van der Waals surface area contributed by atoms with Crippen LogP contribution in [0.15, 0.2) is 91.0 Å². The summed E-state index contributed by atoms with van der Waals surface area (Å²) in [7, 11) is 0. The van der Waals surface area contributed by atoms with E-state index in [9.17, 15) is 4.79 Å². The molecule has 0 bridgehead atoms. The summed E-state index contributed by atoms with van der Waals surface area (Å²) in [6.45, 7) is 0. The van der Waals surface area contributed by atoms with E-state index in [4.69, 9.17) is 0 Å². The second-order valence-electron chi connectivity index (χ2n) is 7.30. The molecule has 0 spiro atoms. The van der Waals surface area contributed by atoms with E-state index in [-0.39, 0.29) is 0 Å². The van der Waals surface area contributed by atoms with Crippen LogP contribution >= 0.6 is 0 Å². The summed E-state index contributed by atoms with van der Waals surface area (Å²) in [5, 5.41) is 12.1. The predicted molar refractivity (Wildman–Crippen MR) is 119 cm³/mol. The van der Waals surface area contributed by atoms with Crippen molar-refractivity contribution in [2.24, 2.45) is 0 Å². The molecule has 0 saturated carbocycles. The topological polar surface area (TPSA) is 17.1 Å². The maximum absolute atomic E-state index is 11.6. The Kier molecular flexibility index (Phi) is 3.09. The third kappa shape index (κ3) is 1.93. The van der Waals surface area contributed by atoms with Gasteiger partial charge in [-0.3, -0.25) is 4.79 Å². The minimum absolute atomic E-state index is 0.737. The number of hydrogen-bond donors (Lipinski definition) is 0. The van der Waals surface area contributed by atoms with Gasteiger partial charge < -0.3 is 0 Å². The Morgan fingerprint density at radius 1 is 0.429 bits per heavy atom. The van der Waals surface area contributed by atoms with Gasteiger partial charge in [0, 0.05) is 5.56 Å². The molecule has 6 aromatic rings. The van der Waals surface area contributed by atoms with Gasteiger partial charge in [-0.1, -0.05) is 91.0 Å². The number of rotatable bonds is 1. The molecule has 0 unspecified atom stereocenters. The van der Waals surface area contributed by atoms with Gasteiger partial charge >= 0.3 is 0 Å². The molecular weight excluding hydrogens is 340 g/mol. The fourth-order valence-corrected chi connectivity index (χ4v) is 4.71. The normalized spacial score (nSPS) is 11.7. The molecule has 0 amide bonds. The summed E-state index contributed by atoms with van der Waals surface area (Å²) in [6, 6.07) is 31.9. The molecule has 0 N–H and O–H groups in total. The maximum atomic E-state index is 11.6. The highest BCUT2D eigenvalue weighted by Gasteiger charge is 2.14. The Bertz CT molecular complexity index is 1570. The van der Waals surface area contributed by atoms with Gasteiger partial charge in [0.05, 0.1) is 0 Å². The zero-order chi connectivity index (χ0) is 18.7. The minimum atomic E-state index is 0.737. The van der Waals surface area contributed by atoms with Crippen LogP contribution < -0.4 is 0 Å². The summed E-state index contributed by atoms with van der Waals surface area (Å²) < 4.78 is 0. The van der Waals surface area contributed by atoms with Crippen molar-refractivity contribution in [3.63, 3.8) is 0 Å². The molecule has 0 radical (unpaired) electrons. The Morgan fingerprint density at radius 2 is 1.00 bits per heavy atom. The van der Waals surface area contributed by atoms with Crippen molar-refractivity contribution in [1.82, 2.24) is 0 Å². The van der Waals surface area contributed by atoms with Crippen LogP contribution in [0.1, 0.15) is 10.4 Å².